The van der Waals surface area contributed by atoms with Gasteiger partial charge in [-0.05, 0) is 19.8 Å². The second kappa shape index (κ2) is 6.70. The Morgan fingerprint density at radius 1 is 1.50 bits per heavy atom. The molecule has 0 heterocycles. The average Bonchev–Trinajstić information content (AvgIpc) is 2.12. The van der Waals surface area contributed by atoms with Crippen molar-refractivity contribution in [2.45, 2.75) is 44.9 Å². The Morgan fingerprint density at radius 3 is 2.36 bits per heavy atom. The number of rotatable bonds is 5. The highest BCUT2D eigenvalue weighted by atomic mass is 32.2. The number of nitrogens with two attached hydrogens (primary N) is 1. The molecule has 4 N–H and O–H groups in total. The topological polar surface area (TPSA) is 79.0 Å². The minimum Gasteiger partial charge on any atom is -0.379 e. The minimum absolute atomic E-state index is 0.0165. The number of hydrogen-bond acceptors (Lipinski definition) is 3. The Bertz CT molecular complexity index is 204. The Labute approximate surface area is 89.5 Å². The molecule has 0 saturated carbocycles. The lowest BCUT2D eigenvalue weighted by atomic mass is 10.2. The second-order valence-electron chi connectivity index (χ2n) is 3.15. The summed E-state index contributed by atoms with van der Waals surface area (Å²) in [5.74, 6) is -0.0427. The first-order chi connectivity index (χ1) is 6.51. The molecule has 0 fully saturated rings. The molecule has 0 aromatic rings. The van der Waals surface area contributed by atoms with Crippen molar-refractivity contribution in [3.8, 4) is 0 Å². The van der Waals surface area contributed by atoms with Gasteiger partial charge in [-0.15, -0.1) is 0 Å². The van der Waals surface area contributed by atoms with E-state index in [4.69, 9.17) is 11.1 Å². The molecule has 0 aliphatic carbocycles. The lowest BCUT2D eigenvalue weighted by Crippen LogP contribution is -2.39. The zero-order valence-corrected chi connectivity index (χ0v) is 9.78. The molecule has 1 atom stereocenters. The Balaban J connectivity index is 3.99. The molecule has 82 valence electrons. The number of nitrogens with one attached hydrogen (secondary N) is 2. The van der Waals surface area contributed by atoms with Gasteiger partial charge in [-0.2, -0.15) is 0 Å². The average molecular weight is 217 g/mol. The molecule has 0 aromatic heterocycles. The fourth-order valence-electron chi connectivity index (χ4n) is 1.06. The second-order valence-corrected chi connectivity index (χ2v) is 4.53. The quantitative estimate of drug-likeness (QED) is 0.480. The molecule has 0 aliphatic heterocycles. The normalized spacial score (nSPS) is 12.6. The van der Waals surface area contributed by atoms with Gasteiger partial charge in [0.1, 0.15) is 0 Å². The monoisotopic (exact) mass is 217 g/mol. The van der Waals surface area contributed by atoms with Crippen molar-refractivity contribution in [2.75, 3.05) is 0 Å². The predicted molar refractivity (Wildman–Crippen MR) is 61.5 cm³/mol. The lowest BCUT2D eigenvalue weighted by Gasteiger charge is -2.17. The van der Waals surface area contributed by atoms with Gasteiger partial charge in [-0.25, -0.2) is 0 Å². The van der Waals surface area contributed by atoms with Gasteiger partial charge in [-0.3, -0.25) is 10.2 Å². The van der Waals surface area contributed by atoms with Crippen LogP contribution < -0.4 is 11.1 Å². The maximum Gasteiger partial charge on any atom is 0.233 e. The van der Waals surface area contributed by atoms with Gasteiger partial charge in [0.15, 0.2) is 5.17 Å². The van der Waals surface area contributed by atoms with Crippen LogP contribution in [0.1, 0.15) is 33.6 Å². The number of carbonyl (C=O) groups excluding carboxylic acids is 1. The van der Waals surface area contributed by atoms with Crippen molar-refractivity contribution in [3.63, 3.8) is 0 Å². The van der Waals surface area contributed by atoms with Gasteiger partial charge in [0.05, 0.1) is 5.25 Å². The lowest BCUT2D eigenvalue weighted by molar-refractivity contribution is -0.121. The van der Waals surface area contributed by atoms with Gasteiger partial charge in [0.2, 0.25) is 5.91 Å². The molecule has 14 heavy (non-hydrogen) atoms. The van der Waals surface area contributed by atoms with E-state index in [0.717, 1.165) is 24.6 Å². The van der Waals surface area contributed by atoms with Crippen LogP contribution in [-0.2, 0) is 4.79 Å². The molecule has 0 aromatic carbocycles. The van der Waals surface area contributed by atoms with Gasteiger partial charge in [0, 0.05) is 6.04 Å². The number of amidine groups is 1. The molecule has 0 radical (unpaired) electrons. The molecule has 1 amide bonds. The third-order valence-corrected chi connectivity index (χ3v) is 2.83. The molecule has 0 saturated heterocycles. The summed E-state index contributed by atoms with van der Waals surface area (Å²) in [6.45, 7) is 5.83. The van der Waals surface area contributed by atoms with E-state index >= 15 is 0 Å². The number of amides is 1. The van der Waals surface area contributed by atoms with Gasteiger partial charge < -0.3 is 11.1 Å². The van der Waals surface area contributed by atoms with Gasteiger partial charge in [0.25, 0.3) is 0 Å². The summed E-state index contributed by atoms with van der Waals surface area (Å²) in [5, 5.41) is 9.66. The first-order valence-corrected chi connectivity index (χ1v) is 5.70. The largest absolute Gasteiger partial charge is 0.379 e. The summed E-state index contributed by atoms with van der Waals surface area (Å²) in [7, 11) is 0. The zero-order chi connectivity index (χ0) is 11.1. The molecule has 1 unspecified atom stereocenters. The van der Waals surface area contributed by atoms with Crippen LogP contribution >= 0.6 is 11.8 Å². The van der Waals surface area contributed by atoms with Crippen LogP contribution in [-0.4, -0.2) is 22.4 Å². The first kappa shape index (κ1) is 13.3. The van der Waals surface area contributed by atoms with Crippen molar-refractivity contribution in [2.24, 2.45) is 5.73 Å². The van der Waals surface area contributed by atoms with Crippen LogP contribution in [0.15, 0.2) is 0 Å². The van der Waals surface area contributed by atoms with Gasteiger partial charge >= 0.3 is 0 Å². The van der Waals surface area contributed by atoms with E-state index in [2.05, 4.69) is 5.32 Å². The molecule has 5 heteroatoms. The van der Waals surface area contributed by atoms with Crippen molar-refractivity contribution in [3.05, 3.63) is 0 Å². The number of hydrogen-bond donors (Lipinski definition) is 3. The zero-order valence-electron chi connectivity index (χ0n) is 8.96. The van der Waals surface area contributed by atoms with E-state index in [0.29, 0.717) is 0 Å². The van der Waals surface area contributed by atoms with Crippen molar-refractivity contribution in [1.82, 2.24) is 5.32 Å². The van der Waals surface area contributed by atoms with Crippen LogP contribution in [0.25, 0.3) is 0 Å². The third-order valence-electron chi connectivity index (χ3n) is 2.00. The highest BCUT2D eigenvalue weighted by Crippen LogP contribution is 2.09. The highest BCUT2D eigenvalue weighted by molar-refractivity contribution is 8.14. The predicted octanol–water partition coefficient (Wildman–Crippen LogP) is 1.31. The molecule has 4 nitrogen and oxygen atoms in total. The standard InChI is InChI=1S/C9H19N3OS/c1-4-7(5-2)12-8(13)6(3)14-9(10)11/h6-7H,4-5H2,1-3H3,(H3,10,11)(H,12,13). The highest BCUT2D eigenvalue weighted by Gasteiger charge is 2.16. The van der Waals surface area contributed by atoms with E-state index in [1.54, 1.807) is 6.92 Å². The summed E-state index contributed by atoms with van der Waals surface area (Å²) in [4.78, 5) is 11.5. The Hall–Kier alpha value is -0.710. The Kier molecular flexibility index (Phi) is 6.36. The van der Waals surface area contributed by atoms with Crippen LogP contribution in [0.5, 0.6) is 0 Å². The van der Waals surface area contributed by atoms with Crippen LogP contribution in [0, 0.1) is 5.41 Å². The molecular weight excluding hydrogens is 198 g/mol. The van der Waals surface area contributed by atoms with Gasteiger partial charge in [-0.1, -0.05) is 25.6 Å². The molecule has 0 spiro atoms. The van der Waals surface area contributed by atoms with Crippen molar-refractivity contribution >= 4 is 22.8 Å². The van der Waals surface area contributed by atoms with E-state index < -0.39 is 0 Å². The SMILES string of the molecule is CCC(CC)NC(=O)C(C)SC(=N)N. The fourth-order valence-corrected chi connectivity index (χ4v) is 1.61. The maximum absolute atomic E-state index is 11.5. The summed E-state index contributed by atoms with van der Waals surface area (Å²) in [6.07, 6.45) is 1.86. The molecule has 0 bridgehead atoms. The van der Waals surface area contributed by atoms with E-state index in [1.165, 1.54) is 0 Å². The first-order valence-electron chi connectivity index (χ1n) is 4.82. The molecule has 0 aliphatic rings. The summed E-state index contributed by atoms with van der Waals surface area (Å²) >= 11 is 1.07. The number of carbonyl (C=O) groups is 1. The summed E-state index contributed by atoms with van der Waals surface area (Å²) < 4.78 is 0. The van der Waals surface area contributed by atoms with Crippen LogP contribution in [0.3, 0.4) is 0 Å². The third kappa shape index (κ3) is 5.11. The van der Waals surface area contributed by atoms with Crippen molar-refractivity contribution in [1.29, 1.82) is 5.41 Å². The smallest absolute Gasteiger partial charge is 0.233 e. The van der Waals surface area contributed by atoms with Crippen LogP contribution in [0.4, 0.5) is 0 Å². The fraction of sp³-hybridized carbons (Fsp3) is 0.778. The molecule has 0 rings (SSSR count). The van der Waals surface area contributed by atoms with E-state index in [9.17, 15) is 4.79 Å². The minimum atomic E-state index is -0.284. The van der Waals surface area contributed by atoms with E-state index in [1.807, 2.05) is 13.8 Å². The van der Waals surface area contributed by atoms with Crippen molar-refractivity contribution < 1.29 is 4.79 Å². The van der Waals surface area contributed by atoms with E-state index in [-0.39, 0.29) is 22.4 Å². The number of thioether (sulfide) groups is 1. The summed E-state index contributed by atoms with van der Waals surface area (Å²) in [5.41, 5.74) is 5.19. The maximum atomic E-state index is 11.5. The van der Waals surface area contributed by atoms with Crippen LogP contribution in [0.2, 0.25) is 0 Å². The molecular formula is C9H19N3OS. The summed E-state index contributed by atoms with van der Waals surface area (Å²) in [6, 6.07) is 0.234. The Morgan fingerprint density at radius 2 is 2.00 bits per heavy atom.